The zero-order valence-corrected chi connectivity index (χ0v) is 13.3. The molecule has 1 aromatic carbocycles. The summed E-state index contributed by atoms with van der Waals surface area (Å²) in [6, 6.07) is 2.46. The van der Waals surface area contributed by atoms with Gasteiger partial charge in [0, 0.05) is 49.7 Å². The van der Waals surface area contributed by atoms with Gasteiger partial charge in [0.2, 0.25) is 0 Å². The minimum Gasteiger partial charge on any atom is -0.496 e. The van der Waals surface area contributed by atoms with Crippen molar-refractivity contribution < 1.29 is 18.6 Å². The SMILES string of the molecule is COc1ccc(F)c(F)c1CN1C[C@@H](Cc2cnccn2)[C@H](O)C1. The number of methoxy groups -OCH3 is 1. The fraction of sp³-hybridized carbons (Fsp3) is 0.412. The molecule has 2 heterocycles. The number of aliphatic hydroxyl groups excluding tert-OH is 1. The van der Waals surface area contributed by atoms with Crippen LogP contribution in [-0.2, 0) is 13.0 Å². The number of rotatable bonds is 5. The summed E-state index contributed by atoms with van der Waals surface area (Å²) in [5, 5.41) is 10.3. The van der Waals surface area contributed by atoms with Gasteiger partial charge < -0.3 is 9.84 Å². The molecule has 2 atom stereocenters. The molecule has 2 aromatic rings. The standard InChI is InChI=1S/C17H19F2N3O2/c1-24-16-3-2-14(18)17(19)13(16)9-22-8-11(15(23)10-22)6-12-7-20-4-5-21-12/h2-5,7,11,15,23H,6,8-10H2,1H3/t11-,15-/m1/s1. The van der Waals surface area contributed by atoms with E-state index < -0.39 is 17.7 Å². The van der Waals surface area contributed by atoms with Gasteiger partial charge in [-0.1, -0.05) is 0 Å². The first-order valence-electron chi connectivity index (χ1n) is 7.74. The zero-order chi connectivity index (χ0) is 17.1. The van der Waals surface area contributed by atoms with Crippen LogP contribution < -0.4 is 4.74 Å². The molecule has 1 aliphatic heterocycles. The third kappa shape index (κ3) is 3.52. The number of likely N-dealkylation sites (tertiary alicyclic amines) is 1. The average Bonchev–Trinajstić information content (AvgIpc) is 2.92. The van der Waals surface area contributed by atoms with Gasteiger partial charge in [-0.2, -0.15) is 0 Å². The second-order valence-corrected chi connectivity index (χ2v) is 5.96. The Hall–Kier alpha value is -2.12. The van der Waals surface area contributed by atoms with Crippen molar-refractivity contribution >= 4 is 0 Å². The van der Waals surface area contributed by atoms with Crippen molar-refractivity contribution in [3.8, 4) is 5.75 Å². The summed E-state index contributed by atoms with van der Waals surface area (Å²) >= 11 is 0. The Morgan fingerprint density at radius 2 is 2.12 bits per heavy atom. The topological polar surface area (TPSA) is 58.5 Å². The summed E-state index contributed by atoms with van der Waals surface area (Å²) in [6.45, 7) is 1.14. The van der Waals surface area contributed by atoms with Gasteiger partial charge in [0.15, 0.2) is 11.6 Å². The molecule has 0 bridgehead atoms. The average molecular weight is 335 g/mol. The highest BCUT2D eigenvalue weighted by atomic mass is 19.2. The van der Waals surface area contributed by atoms with E-state index in [0.717, 1.165) is 11.8 Å². The quantitative estimate of drug-likeness (QED) is 0.903. The monoisotopic (exact) mass is 335 g/mol. The molecular weight excluding hydrogens is 316 g/mol. The number of halogens is 2. The highest BCUT2D eigenvalue weighted by molar-refractivity contribution is 5.35. The van der Waals surface area contributed by atoms with Gasteiger partial charge in [-0.25, -0.2) is 8.78 Å². The summed E-state index contributed by atoms with van der Waals surface area (Å²) in [6.07, 6.45) is 4.93. The van der Waals surface area contributed by atoms with Crippen LogP contribution in [0.15, 0.2) is 30.7 Å². The highest BCUT2D eigenvalue weighted by Crippen LogP contribution is 2.28. The number of β-amino-alcohol motifs (C(OH)–C–C–N with tert-alkyl or cyclic N) is 1. The highest BCUT2D eigenvalue weighted by Gasteiger charge is 2.32. The Morgan fingerprint density at radius 1 is 1.29 bits per heavy atom. The predicted molar refractivity (Wildman–Crippen MR) is 83.4 cm³/mol. The Labute approximate surface area is 138 Å². The lowest BCUT2D eigenvalue weighted by Gasteiger charge is -2.18. The number of benzene rings is 1. The first kappa shape index (κ1) is 16.7. The first-order chi connectivity index (χ1) is 11.6. The van der Waals surface area contributed by atoms with Crippen molar-refractivity contribution in [1.82, 2.24) is 14.9 Å². The fourth-order valence-electron chi connectivity index (χ4n) is 3.11. The molecule has 5 nitrogen and oxygen atoms in total. The lowest BCUT2D eigenvalue weighted by Crippen LogP contribution is -2.22. The number of hydrogen-bond acceptors (Lipinski definition) is 5. The van der Waals surface area contributed by atoms with Crippen molar-refractivity contribution in [2.75, 3.05) is 20.2 Å². The van der Waals surface area contributed by atoms with Gasteiger partial charge in [0.1, 0.15) is 5.75 Å². The van der Waals surface area contributed by atoms with Crippen LogP contribution >= 0.6 is 0 Å². The number of nitrogens with zero attached hydrogens (tertiary/aromatic N) is 3. The molecule has 1 aliphatic rings. The summed E-state index contributed by atoms with van der Waals surface area (Å²) in [5.74, 6) is -1.52. The van der Waals surface area contributed by atoms with Crippen LogP contribution in [0.4, 0.5) is 8.78 Å². The summed E-state index contributed by atoms with van der Waals surface area (Å²) in [7, 11) is 1.42. The normalized spacial score (nSPS) is 21.2. The van der Waals surface area contributed by atoms with Crippen LogP contribution in [-0.4, -0.2) is 46.3 Å². The van der Waals surface area contributed by atoms with Crippen molar-refractivity contribution in [2.45, 2.75) is 19.1 Å². The number of aliphatic hydroxyl groups is 1. The smallest absolute Gasteiger partial charge is 0.167 e. The molecule has 24 heavy (non-hydrogen) atoms. The molecule has 0 unspecified atom stereocenters. The Bertz CT molecular complexity index is 700. The summed E-state index contributed by atoms with van der Waals surface area (Å²) in [4.78, 5) is 10.1. The van der Waals surface area contributed by atoms with Crippen molar-refractivity contribution in [3.05, 3.63) is 53.6 Å². The van der Waals surface area contributed by atoms with Crippen molar-refractivity contribution in [2.24, 2.45) is 5.92 Å². The Balaban J connectivity index is 1.71. The number of ether oxygens (including phenoxy) is 1. The molecule has 0 saturated carbocycles. The van der Waals surface area contributed by atoms with Gasteiger partial charge in [0.25, 0.3) is 0 Å². The first-order valence-corrected chi connectivity index (χ1v) is 7.74. The van der Waals surface area contributed by atoms with E-state index in [1.54, 1.807) is 18.6 Å². The van der Waals surface area contributed by atoms with E-state index in [2.05, 4.69) is 9.97 Å². The van der Waals surface area contributed by atoms with Crippen LogP contribution in [0.1, 0.15) is 11.3 Å². The van der Waals surface area contributed by atoms with Crippen LogP contribution in [0, 0.1) is 17.6 Å². The molecule has 0 radical (unpaired) electrons. The largest absolute Gasteiger partial charge is 0.496 e. The molecule has 7 heteroatoms. The molecule has 1 fully saturated rings. The molecule has 0 aliphatic carbocycles. The maximum absolute atomic E-state index is 14.1. The summed E-state index contributed by atoms with van der Waals surface area (Å²) in [5.41, 5.74) is 0.975. The van der Waals surface area contributed by atoms with Gasteiger partial charge in [-0.05, 0) is 18.6 Å². The second kappa shape index (κ2) is 7.19. The molecule has 0 amide bonds. The molecule has 0 spiro atoms. The minimum absolute atomic E-state index is 0.0238. The molecular formula is C17H19F2N3O2. The van der Waals surface area contributed by atoms with Crippen LogP contribution in [0.25, 0.3) is 0 Å². The van der Waals surface area contributed by atoms with Gasteiger partial charge in [-0.3, -0.25) is 14.9 Å². The van der Waals surface area contributed by atoms with E-state index >= 15 is 0 Å². The van der Waals surface area contributed by atoms with Crippen molar-refractivity contribution in [1.29, 1.82) is 0 Å². The van der Waals surface area contributed by atoms with E-state index in [9.17, 15) is 13.9 Å². The Morgan fingerprint density at radius 3 is 2.83 bits per heavy atom. The predicted octanol–water partition coefficient (Wildman–Crippen LogP) is 1.80. The third-order valence-corrected chi connectivity index (χ3v) is 4.32. The maximum atomic E-state index is 14.1. The van der Waals surface area contributed by atoms with Crippen molar-refractivity contribution in [3.63, 3.8) is 0 Å². The molecule has 1 saturated heterocycles. The second-order valence-electron chi connectivity index (χ2n) is 5.96. The Kier molecular flexibility index (Phi) is 5.01. The van der Waals surface area contributed by atoms with E-state index in [1.807, 2.05) is 4.90 Å². The van der Waals surface area contributed by atoms with Gasteiger partial charge >= 0.3 is 0 Å². The van der Waals surface area contributed by atoms with E-state index in [0.29, 0.717) is 25.3 Å². The van der Waals surface area contributed by atoms with Crippen LogP contribution in [0.3, 0.4) is 0 Å². The van der Waals surface area contributed by atoms with E-state index in [-0.39, 0.29) is 18.0 Å². The van der Waals surface area contributed by atoms with E-state index in [4.69, 9.17) is 4.74 Å². The third-order valence-electron chi connectivity index (χ3n) is 4.32. The number of hydrogen-bond donors (Lipinski definition) is 1. The number of aromatic nitrogens is 2. The summed E-state index contributed by atoms with van der Waals surface area (Å²) < 4.78 is 32.7. The molecule has 1 aromatic heterocycles. The van der Waals surface area contributed by atoms with Gasteiger partial charge in [-0.15, -0.1) is 0 Å². The maximum Gasteiger partial charge on any atom is 0.167 e. The molecule has 1 N–H and O–H groups in total. The lowest BCUT2D eigenvalue weighted by molar-refractivity contribution is 0.140. The molecule has 128 valence electrons. The van der Waals surface area contributed by atoms with Gasteiger partial charge in [0.05, 0.1) is 18.9 Å². The zero-order valence-electron chi connectivity index (χ0n) is 13.3. The minimum atomic E-state index is -0.902. The van der Waals surface area contributed by atoms with Crippen LogP contribution in [0.2, 0.25) is 0 Å². The lowest BCUT2D eigenvalue weighted by atomic mass is 10.0. The molecule has 3 rings (SSSR count). The van der Waals surface area contributed by atoms with Crippen LogP contribution in [0.5, 0.6) is 5.75 Å². The fourth-order valence-corrected chi connectivity index (χ4v) is 3.11. The van der Waals surface area contributed by atoms with E-state index in [1.165, 1.54) is 13.2 Å².